The lowest BCUT2D eigenvalue weighted by molar-refractivity contribution is -0.125. The van der Waals surface area contributed by atoms with Crippen molar-refractivity contribution in [2.75, 3.05) is 0 Å². The fourth-order valence-electron chi connectivity index (χ4n) is 2.03. The molecule has 0 saturated heterocycles. The van der Waals surface area contributed by atoms with Crippen LogP contribution in [0.4, 0.5) is 0 Å². The van der Waals surface area contributed by atoms with Crippen molar-refractivity contribution < 1.29 is 9.59 Å². The van der Waals surface area contributed by atoms with Gasteiger partial charge in [0.2, 0.25) is 0 Å². The summed E-state index contributed by atoms with van der Waals surface area (Å²) < 4.78 is 0. The summed E-state index contributed by atoms with van der Waals surface area (Å²) in [6.45, 7) is 2.04. The van der Waals surface area contributed by atoms with Crippen LogP contribution in [0.5, 0.6) is 0 Å². The van der Waals surface area contributed by atoms with E-state index in [4.69, 9.17) is 0 Å². The highest BCUT2D eigenvalue weighted by Crippen LogP contribution is 2.28. The molecule has 1 fully saturated rings. The molecule has 0 amide bonds. The van der Waals surface area contributed by atoms with E-state index in [0.29, 0.717) is 5.78 Å². The quantitative estimate of drug-likeness (QED) is 0.625. The molecular weight excluding hydrogens is 164 g/mol. The second kappa shape index (κ2) is 5.15. The first-order valence-corrected chi connectivity index (χ1v) is 5.26. The molecule has 1 aliphatic rings. The number of rotatable bonds is 4. The molecule has 0 heterocycles. The van der Waals surface area contributed by atoms with Crippen molar-refractivity contribution in [2.24, 2.45) is 11.8 Å². The Kier molecular flexibility index (Phi) is 4.13. The molecular formula is C11H18O2. The molecule has 0 bridgehead atoms. The van der Waals surface area contributed by atoms with Gasteiger partial charge >= 0.3 is 0 Å². The summed E-state index contributed by atoms with van der Waals surface area (Å²) in [6, 6.07) is 0. The maximum Gasteiger partial charge on any atom is 0.135 e. The van der Waals surface area contributed by atoms with Crippen molar-refractivity contribution in [3.05, 3.63) is 0 Å². The van der Waals surface area contributed by atoms with Crippen LogP contribution in [0.2, 0.25) is 0 Å². The monoisotopic (exact) mass is 182 g/mol. The Bertz CT molecular complexity index is 179. The van der Waals surface area contributed by atoms with Crippen LogP contribution in [0.25, 0.3) is 0 Å². The van der Waals surface area contributed by atoms with Gasteiger partial charge in [-0.1, -0.05) is 6.92 Å². The van der Waals surface area contributed by atoms with Gasteiger partial charge in [0.25, 0.3) is 0 Å². The minimum atomic E-state index is 0.227. The number of hydrogen-bond acceptors (Lipinski definition) is 2. The highest BCUT2D eigenvalue weighted by molar-refractivity contribution is 5.81. The molecule has 0 aliphatic heterocycles. The van der Waals surface area contributed by atoms with Gasteiger partial charge in [-0.3, -0.25) is 4.79 Å². The van der Waals surface area contributed by atoms with Crippen molar-refractivity contribution in [3.8, 4) is 0 Å². The van der Waals surface area contributed by atoms with E-state index >= 15 is 0 Å². The molecule has 0 unspecified atom stereocenters. The summed E-state index contributed by atoms with van der Waals surface area (Å²) in [4.78, 5) is 22.0. The molecule has 13 heavy (non-hydrogen) atoms. The summed E-state index contributed by atoms with van der Waals surface area (Å²) in [5.74, 6) is 0.897. The summed E-state index contributed by atoms with van der Waals surface area (Å²) in [5.41, 5.74) is 0. The topological polar surface area (TPSA) is 34.1 Å². The Balaban J connectivity index is 2.31. The van der Waals surface area contributed by atoms with Crippen LogP contribution in [0.1, 0.15) is 45.4 Å². The molecule has 0 aromatic rings. The Labute approximate surface area is 79.7 Å². The molecule has 0 aromatic carbocycles. The summed E-state index contributed by atoms with van der Waals surface area (Å²) in [7, 11) is 0. The fourth-order valence-corrected chi connectivity index (χ4v) is 2.03. The summed E-state index contributed by atoms with van der Waals surface area (Å²) in [6.07, 6.45) is 6.42. The molecule has 0 spiro atoms. The maximum absolute atomic E-state index is 11.5. The van der Waals surface area contributed by atoms with E-state index in [0.717, 1.165) is 44.8 Å². The van der Waals surface area contributed by atoms with Crippen molar-refractivity contribution in [1.29, 1.82) is 0 Å². The average Bonchev–Trinajstić information content (AvgIpc) is 2.18. The highest BCUT2D eigenvalue weighted by atomic mass is 16.1. The van der Waals surface area contributed by atoms with Crippen LogP contribution in [-0.4, -0.2) is 12.1 Å². The lowest BCUT2D eigenvalue weighted by atomic mass is 9.80. The smallest absolute Gasteiger partial charge is 0.135 e. The third kappa shape index (κ3) is 2.94. The Morgan fingerprint density at radius 2 is 1.92 bits per heavy atom. The SMILES string of the molecule is CCCC(=O)C1CCC(C=O)CC1. The van der Waals surface area contributed by atoms with E-state index in [2.05, 4.69) is 0 Å². The van der Waals surface area contributed by atoms with E-state index in [1.807, 2.05) is 6.92 Å². The van der Waals surface area contributed by atoms with Crippen LogP contribution in [-0.2, 0) is 9.59 Å². The average molecular weight is 182 g/mol. The molecule has 1 aliphatic carbocycles. The van der Waals surface area contributed by atoms with Crippen molar-refractivity contribution in [1.82, 2.24) is 0 Å². The van der Waals surface area contributed by atoms with E-state index in [-0.39, 0.29) is 11.8 Å². The van der Waals surface area contributed by atoms with Gasteiger partial charge in [-0.15, -0.1) is 0 Å². The summed E-state index contributed by atoms with van der Waals surface area (Å²) in [5, 5.41) is 0. The summed E-state index contributed by atoms with van der Waals surface area (Å²) >= 11 is 0. The first kappa shape index (κ1) is 10.4. The molecule has 2 heteroatoms. The fraction of sp³-hybridized carbons (Fsp3) is 0.818. The third-order valence-corrected chi connectivity index (χ3v) is 2.92. The van der Waals surface area contributed by atoms with Gasteiger partial charge in [-0.25, -0.2) is 0 Å². The normalized spacial score (nSPS) is 28.4. The van der Waals surface area contributed by atoms with Crippen LogP contribution in [0, 0.1) is 11.8 Å². The Hall–Kier alpha value is -0.660. The predicted octanol–water partition coefficient (Wildman–Crippen LogP) is 2.36. The van der Waals surface area contributed by atoms with Gasteiger partial charge in [0.1, 0.15) is 12.1 Å². The lowest BCUT2D eigenvalue weighted by Crippen LogP contribution is -2.22. The largest absolute Gasteiger partial charge is 0.303 e. The van der Waals surface area contributed by atoms with Gasteiger partial charge in [-0.2, -0.15) is 0 Å². The Morgan fingerprint density at radius 1 is 1.31 bits per heavy atom. The number of Topliss-reactive ketones (excluding diaryl/α,β-unsaturated/α-hetero) is 1. The number of carbonyl (C=O) groups excluding carboxylic acids is 2. The molecule has 1 saturated carbocycles. The van der Waals surface area contributed by atoms with Crippen LogP contribution in [0.3, 0.4) is 0 Å². The lowest BCUT2D eigenvalue weighted by Gasteiger charge is -2.24. The van der Waals surface area contributed by atoms with Crippen LogP contribution >= 0.6 is 0 Å². The number of hydrogen-bond donors (Lipinski definition) is 0. The predicted molar refractivity (Wildman–Crippen MR) is 51.4 cm³/mol. The van der Waals surface area contributed by atoms with Gasteiger partial charge in [-0.05, 0) is 32.1 Å². The highest BCUT2D eigenvalue weighted by Gasteiger charge is 2.24. The van der Waals surface area contributed by atoms with Gasteiger partial charge in [0, 0.05) is 18.3 Å². The molecule has 0 atom stereocenters. The molecule has 2 nitrogen and oxygen atoms in total. The maximum atomic E-state index is 11.5. The molecule has 0 radical (unpaired) electrons. The molecule has 0 aromatic heterocycles. The van der Waals surface area contributed by atoms with E-state index in [1.165, 1.54) is 0 Å². The zero-order valence-corrected chi connectivity index (χ0v) is 8.29. The first-order valence-electron chi connectivity index (χ1n) is 5.26. The van der Waals surface area contributed by atoms with E-state index in [1.54, 1.807) is 0 Å². The molecule has 0 N–H and O–H groups in total. The van der Waals surface area contributed by atoms with Crippen molar-refractivity contribution in [3.63, 3.8) is 0 Å². The second-order valence-electron chi connectivity index (χ2n) is 3.96. The standard InChI is InChI=1S/C11H18O2/c1-2-3-11(13)10-6-4-9(8-12)5-7-10/h8-10H,2-7H2,1H3. The molecule has 1 rings (SSSR count). The Morgan fingerprint density at radius 3 is 2.38 bits per heavy atom. The number of ketones is 1. The first-order chi connectivity index (χ1) is 6.27. The van der Waals surface area contributed by atoms with Crippen LogP contribution in [0.15, 0.2) is 0 Å². The van der Waals surface area contributed by atoms with Crippen LogP contribution < -0.4 is 0 Å². The molecule has 74 valence electrons. The minimum Gasteiger partial charge on any atom is -0.303 e. The zero-order chi connectivity index (χ0) is 9.68. The number of carbonyl (C=O) groups is 2. The van der Waals surface area contributed by atoms with E-state index < -0.39 is 0 Å². The minimum absolute atomic E-state index is 0.227. The van der Waals surface area contributed by atoms with E-state index in [9.17, 15) is 9.59 Å². The van der Waals surface area contributed by atoms with Crippen molar-refractivity contribution >= 4 is 12.1 Å². The second-order valence-corrected chi connectivity index (χ2v) is 3.96. The number of aldehydes is 1. The van der Waals surface area contributed by atoms with Gasteiger partial charge < -0.3 is 4.79 Å². The van der Waals surface area contributed by atoms with Gasteiger partial charge in [0.05, 0.1) is 0 Å². The third-order valence-electron chi connectivity index (χ3n) is 2.92. The van der Waals surface area contributed by atoms with Gasteiger partial charge in [0.15, 0.2) is 0 Å². The zero-order valence-electron chi connectivity index (χ0n) is 8.29. The van der Waals surface area contributed by atoms with Crippen molar-refractivity contribution in [2.45, 2.75) is 45.4 Å².